The van der Waals surface area contributed by atoms with Crippen LogP contribution in [0.3, 0.4) is 0 Å². The van der Waals surface area contributed by atoms with E-state index >= 15 is 0 Å². The van der Waals surface area contributed by atoms with Crippen molar-refractivity contribution < 1.29 is 4.79 Å². The van der Waals surface area contributed by atoms with E-state index in [9.17, 15) is 4.79 Å². The van der Waals surface area contributed by atoms with Gasteiger partial charge in [0.15, 0.2) is 0 Å². The average Bonchev–Trinajstić information content (AvgIpc) is 3.09. The van der Waals surface area contributed by atoms with Crippen LogP contribution in [0.25, 0.3) is 11.4 Å². The molecule has 1 atom stereocenters. The van der Waals surface area contributed by atoms with E-state index in [1.54, 1.807) is 12.4 Å². The Morgan fingerprint density at radius 3 is 2.84 bits per heavy atom. The highest BCUT2D eigenvalue weighted by Gasteiger charge is 2.32. The zero-order valence-corrected chi connectivity index (χ0v) is 15.6. The fourth-order valence-corrected chi connectivity index (χ4v) is 3.38. The second kappa shape index (κ2) is 6.94. The number of likely N-dealkylation sites (tertiary alicyclic amines) is 1. The second-order valence-electron chi connectivity index (χ2n) is 7.70. The molecule has 0 radical (unpaired) electrons. The van der Waals surface area contributed by atoms with Crippen LogP contribution in [0.15, 0.2) is 24.7 Å². The molecule has 134 valence electrons. The number of aromatic nitrogens is 4. The van der Waals surface area contributed by atoms with Crippen LogP contribution in [0.4, 0.5) is 0 Å². The fraction of sp³-hybridized carbons (Fsp3) is 0.579. The Hall–Kier alpha value is -2.24. The van der Waals surface area contributed by atoms with Crippen LogP contribution in [-0.2, 0) is 11.3 Å². The lowest BCUT2D eigenvalue weighted by molar-refractivity contribution is -0.140. The van der Waals surface area contributed by atoms with Gasteiger partial charge < -0.3 is 4.90 Å². The summed E-state index contributed by atoms with van der Waals surface area (Å²) in [7, 11) is 0. The van der Waals surface area contributed by atoms with E-state index in [4.69, 9.17) is 4.98 Å². The summed E-state index contributed by atoms with van der Waals surface area (Å²) in [6, 6.07) is 1.97. The first-order valence-corrected chi connectivity index (χ1v) is 9.03. The minimum atomic E-state index is -0.344. The standard InChI is InChI=1S/C19H27N5O/c1-5-24-17(8-9-21-24)16-12-20-11-15(22-16)14-7-6-10-23(13-14)18(25)19(2,3)4/h8-9,11-12,14H,5-7,10,13H2,1-4H3/t14-/m0/s1. The van der Waals surface area contributed by atoms with Crippen LogP contribution >= 0.6 is 0 Å². The van der Waals surface area contributed by atoms with Crippen molar-refractivity contribution >= 4 is 5.91 Å². The van der Waals surface area contributed by atoms with E-state index in [0.717, 1.165) is 49.6 Å². The summed E-state index contributed by atoms with van der Waals surface area (Å²) < 4.78 is 1.92. The van der Waals surface area contributed by atoms with E-state index in [1.165, 1.54) is 0 Å². The lowest BCUT2D eigenvalue weighted by Crippen LogP contribution is -2.44. The first-order chi connectivity index (χ1) is 11.9. The van der Waals surface area contributed by atoms with Crippen LogP contribution in [0, 0.1) is 5.41 Å². The maximum atomic E-state index is 12.6. The number of amides is 1. The number of nitrogens with zero attached hydrogens (tertiary/aromatic N) is 5. The molecule has 0 spiro atoms. The molecule has 6 nitrogen and oxygen atoms in total. The van der Waals surface area contributed by atoms with Gasteiger partial charge in [0.2, 0.25) is 5.91 Å². The number of aryl methyl sites for hydroxylation is 1. The molecule has 1 aliphatic rings. The van der Waals surface area contributed by atoms with Crippen molar-refractivity contribution in [3.05, 3.63) is 30.4 Å². The van der Waals surface area contributed by atoms with Gasteiger partial charge in [-0.15, -0.1) is 0 Å². The van der Waals surface area contributed by atoms with Gasteiger partial charge in [-0.1, -0.05) is 20.8 Å². The highest BCUT2D eigenvalue weighted by atomic mass is 16.2. The highest BCUT2D eigenvalue weighted by molar-refractivity contribution is 5.81. The molecule has 1 aliphatic heterocycles. The van der Waals surface area contributed by atoms with E-state index in [-0.39, 0.29) is 17.2 Å². The summed E-state index contributed by atoms with van der Waals surface area (Å²) in [4.78, 5) is 23.8. The zero-order valence-electron chi connectivity index (χ0n) is 15.6. The maximum Gasteiger partial charge on any atom is 0.227 e. The topological polar surface area (TPSA) is 63.9 Å². The van der Waals surface area contributed by atoms with Gasteiger partial charge in [0.1, 0.15) is 5.69 Å². The molecule has 2 aromatic rings. The van der Waals surface area contributed by atoms with Crippen molar-refractivity contribution in [3.63, 3.8) is 0 Å². The van der Waals surface area contributed by atoms with E-state index in [1.807, 2.05) is 42.6 Å². The van der Waals surface area contributed by atoms with E-state index in [2.05, 4.69) is 17.0 Å². The quantitative estimate of drug-likeness (QED) is 0.860. The Labute approximate surface area is 149 Å². The van der Waals surface area contributed by atoms with Crippen molar-refractivity contribution in [2.45, 2.75) is 53.0 Å². The summed E-state index contributed by atoms with van der Waals surface area (Å²) in [5.41, 5.74) is 2.45. The molecule has 0 bridgehead atoms. The van der Waals surface area contributed by atoms with Crippen molar-refractivity contribution in [2.75, 3.05) is 13.1 Å². The number of hydrogen-bond donors (Lipinski definition) is 0. The molecule has 0 aromatic carbocycles. The Morgan fingerprint density at radius 2 is 2.12 bits per heavy atom. The van der Waals surface area contributed by atoms with Crippen molar-refractivity contribution in [2.24, 2.45) is 5.41 Å². The molecule has 0 aliphatic carbocycles. The van der Waals surface area contributed by atoms with Crippen LogP contribution in [0.1, 0.15) is 52.1 Å². The van der Waals surface area contributed by atoms with Crippen LogP contribution < -0.4 is 0 Å². The largest absolute Gasteiger partial charge is 0.342 e. The van der Waals surface area contributed by atoms with Crippen molar-refractivity contribution in [1.82, 2.24) is 24.6 Å². The molecule has 1 fully saturated rings. The average molecular weight is 341 g/mol. The Bertz CT molecular complexity index is 746. The molecule has 25 heavy (non-hydrogen) atoms. The number of hydrogen-bond acceptors (Lipinski definition) is 4. The third-order valence-electron chi connectivity index (χ3n) is 4.70. The van der Waals surface area contributed by atoms with Crippen LogP contribution in [0.2, 0.25) is 0 Å². The Kier molecular flexibility index (Phi) is 4.88. The SMILES string of the molecule is CCn1nccc1-c1cncc([C@H]2CCCN(C(=O)C(C)(C)C)C2)n1. The summed E-state index contributed by atoms with van der Waals surface area (Å²) >= 11 is 0. The van der Waals surface area contributed by atoms with Gasteiger partial charge in [-0.05, 0) is 25.8 Å². The smallest absolute Gasteiger partial charge is 0.227 e. The first-order valence-electron chi connectivity index (χ1n) is 9.03. The minimum absolute atomic E-state index is 0.213. The van der Waals surface area contributed by atoms with E-state index in [0.29, 0.717) is 0 Å². The highest BCUT2D eigenvalue weighted by Crippen LogP contribution is 2.29. The Morgan fingerprint density at radius 1 is 1.32 bits per heavy atom. The zero-order chi connectivity index (χ0) is 18.0. The Balaban J connectivity index is 1.82. The molecule has 3 rings (SSSR count). The van der Waals surface area contributed by atoms with Crippen molar-refractivity contribution in [3.8, 4) is 11.4 Å². The van der Waals surface area contributed by atoms with Gasteiger partial charge in [0.05, 0.1) is 17.6 Å². The minimum Gasteiger partial charge on any atom is -0.342 e. The summed E-state index contributed by atoms with van der Waals surface area (Å²) in [6.45, 7) is 10.3. The molecule has 0 N–H and O–H groups in total. The van der Waals surface area contributed by atoms with Crippen molar-refractivity contribution in [1.29, 1.82) is 0 Å². The van der Waals surface area contributed by atoms with E-state index < -0.39 is 0 Å². The van der Waals surface area contributed by atoms with Crippen LogP contribution in [-0.4, -0.2) is 43.6 Å². The molecule has 1 saturated heterocycles. The number of carbonyl (C=O) groups is 1. The molecule has 3 heterocycles. The second-order valence-corrected chi connectivity index (χ2v) is 7.70. The number of rotatable bonds is 3. The number of carbonyl (C=O) groups excluding carboxylic acids is 1. The predicted molar refractivity (Wildman–Crippen MR) is 96.9 cm³/mol. The lowest BCUT2D eigenvalue weighted by atomic mass is 9.90. The molecular formula is C19H27N5O. The maximum absolute atomic E-state index is 12.6. The predicted octanol–water partition coefficient (Wildman–Crippen LogP) is 3.11. The molecule has 2 aromatic heterocycles. The third-order valence-corrected chi connectivity index (χ3v) is 4.70. The van der Waals surface area contributed by atoms with Gasteiger partial charge in [-0.2, -0.15) is 5.10 Å². The summed E-state index contributed by atoms with van der Waals surface area (Å²) in [5.74, 6) is 0.455. The van der Waals surface area contributed by atoms with Crippen LogP contribution in [0.5, 0.6) is 0 Å². The van der Waals surface area contributed by atoms with Gasteiger partial charge in [-0.3, -0.25) is 14.5 Å². The molecule has 0 saturated carbocycles. The summed E-state index contributed by atoms with van der Waals surface area (Å²) in [6.07, 6.45) is 7.46. The summed E-state index contributed by atoms with van der Waals surface area (Å²) in [5, 5.41) is 4.31. The fourth-order valence-electron chi connectivity index (χ4n) is 3.38. The normalized spacial score (nSPS) is 18.4. The molecule has 0 unspecified atom stereocenters. The van der Waals surface area contributed by atoms with Gasteiger partial charge in [-0.25, -0.2) is 4.98 Å². The molecule has 6 heteroatoms. The lowest BCUT2D eigenvalue weighted by Gasteiger charge is -2.36. The first kappa shape index (κ1) is 17.6. The third kappa shape index (κ3) is 3.72. The van der Waals surface area contributed by atoms with Gasteiger partial charge in [0, 0.05) is 43.4 Å². The molecular weight excluding hydrogens is 314 g/mol. The van der Waals surface area contributed by atoms with Gasteiger partial charge >= 0.3 is 0 Å². The number of piperidine rings is 1. The molecule has 1 amide bonds. The monoisotopic (exact) mass is 341 g/mol. The van der Waals surface area contributed by atoms with Gasteiger partial charge in [0.25, 0.3) is 0 Å².